The Morgan fingerprint density at radius 2 is 2.08 bits per heavy atom. The summed E-state index contributed by atoms with van der Waals surface area (Å²) in [5.41, 5.74) is 0. The number of aromatic nitrogens is 3. The SMILES string of the molecule is Cc1nc(C(=O)N(C)C)n(C)n1. The molecule has 0 N–H and O–H groups in total. The Kier molecular flexibility index (Phi) is 2.12. The maximum atomic E-state index is 11.4. The summed E-state index contributed by atoms with van der Waals surface area (Å²) in [6.07, 6.45) is 0. The normalized spacial score (nSPS) is 10.0. The number of hydrogen-bond donors (Lipinski definition) is 0. The van der Waals surface area contributed by atoms with Crippen LogP contribution < -0.4 is 0 Å². The number of rotatable bonds is 1. The van der Waals surface area contributed by atoms with Crippen LogP contribution >= 0.6 is 0 Å². The molecule has 0 aliphatic rings. The minimum absolute atomic E-state index is 0.127. The molecule has 0 aromatic carbocycles. The molecule has 0 saturated carbocycles. The molecule has 0 atom stereocenters. The second kappa shape index (κ2) is 2.92. The van der Waals surface area contributed by atoms with E-state index in [1.165, 1.54) is 9.58 Å². The molecule has 0 radical (unpaired) electrons. The summed E-state index contributed by atoms with van der Waals surface area (Å²) in [5, 5.41) is 3.97. The third-order valence-electron chi connectivity index (χ3n) is 1.47. The molecule has 0 spiro atoms. The third kappa shape index (κ3) is 1.44. The highest BCUT2D eigenvalue weighted by atomic mass is 16.2. The van der Waals surface area contributed by atoms with Gasteiger partial charge in [-0.05, 0) is 6.92 Å². The van der Waals surface area contributed by atoms with E-state index in [9.17, 15) is 4.79 Å². The van der Waals surface area contributed by atoms with Gasteiger partial charge in [0.1, 0.15) is 5.82 Å². The number of aryl methyl sites for hydroxylation is 2. The van der Waals surface area contributed by atoms with Crippen LogP contribution in [-0.2, 0) is 7.05 Å². The molecule has 5 heteroatoms. The van der Waals surface area contributed by atoms with Crippen LogP contribution in [0.15, 0.2) is 0 Å². The van der Waals surface area contributed by atoms with Crippen molar-refractivity contribution in [3.63, 3.8) is 0 Å². The minimum atomic E-state index is -0.127. The van der Waals surface area contributed by atoms with E-state index in [0.717, 1.165) is 0 Å². The van der Waals surface area contributed by atoms with Crippen LogP contribution in [-0.4, -0.2) is 39.7 Å². The number of nitrogens with zero attached hydrogens (tertiary/aromatic N) is 4. The summed E-state index contributed by atoms with van der Waals surface area (Å²) >= 11 is 0. The Balaban J connectivity index is 3.02. The van der Waals surface area contributed by atoms with Gasteiger partial charge in [-0.2, -0.15) is 5.10 Å². The van der Waals surface area contributed by atoms with Gasteiger partial charge in [-0.1, -0.05) is 0 Å². The van der Waals surface area contributed by atoms with Gasteiger partial charge in [-0.25, -0.2) is 9.67 Å². The van der Waals surface area contributed by atoms with Crippen molar-refractivity contribution in [3.05, 3.63) is 11.6 Å². The zero-order valence-corrected chi connectivity index (χ0v) is 7.70. The Labute approximate surface area is 71.0 Å². The fourth-order valence-corrected chi connectivity index (χ4v) is 0.899. The highest BCUT2D eigenvalue weighted by Gasteiger charge is 2.14. The number of amides is 1. The molecule has 1 aromatic rings. The molecule has 1 amide bonds. The summed E-state index contributed by atoms with van der Waals surface area (Å²) in [6, 6.07) is 0. The topological polar surface area (TPSA) is 51.0 Å². The van der Waals surface area contributed by atoms with E-state index in [4.69, 9.17) is 0 Å². The number of carbonyl (C=O) groups excluding carboxylic acids is 1. The minimum Gasteiger partial charge on any atom is -0.342 e. The first-order valence-electron chi connectivity index (χ1n) is 3.61. The second-order valence-corrected chi connectivity index (χ2v) is 2.81. The van der Waals surface area contributed by atoms with E-state index in [0.29, 0.717) is 11.6 Å². The van der Waals surface area contributed by atoms with Crippen molar-refractivity contribution < 1.29 is 4.79 Å². The summed E-state index contributed by atoms with van der Waals surface area (Å²) in [6.45, 7) is 1.76. The molecular formula is C7H12N4O. The summed E-state index contributed by atoms with van der Waals surface area (Å²) in [7, 11) is 5.08. The highest BCUT2D eigenvalue weighted by molar-refractivity contribution is 5.90. The van der Waals surface area contributed by atoms with Crippen LogP contribution in [0.3, 0.4) is 0 Å². The van der Waals surface area contributed by atoms with Crippen molar-refractivity contribution in [3.8, 4) is 0 Å². The first-order valence-corrected chi connectivity index (χ1v) is 3.61. The van der Waals surface area contributed by atoms with E-state index >= 15 is 0 Å². The zero-order valence-electron chi connectivity index (χ0n) is 7.70. The Morgan fingerprint density at radius 3 is 2.42 bits per heavy atom. The van der Waals surface area contributed by atoms with Crippen LogP contribution in [0.2, 0.25) is 0 Å². The van der Waals surface area contributed by atoms with Crippen molar-refractivity contribution in [2.24, 2.45) is 7.05 Å². The van der Waals surface area contributed by atoms with Crippen LogP contribution in [0.1, 0.15) is 16.4 Å². The molecule has 0 saturated heterocycles. The molecule has 12 heavy (non-hydrogen) atoms. The molecule has 5 nitrogen and oxygen atoms in total. The molecule has 66 valence electrons. The molecular weight excluding hydrogens is 156 g/mol. The van der Waals surface area contributed by atoms with Crippen molar-refractivity contribution in [2.75, 3.05) is 14.1 Å². The average Bonchev–Trinajstić information content (AvgIpc) is 2.28. The molecule has 1 heterocycles. The van der Waals surface area contributed by atoms with Gasteiger partial charge < -0.3 is 4.90 Å². The zero-order chi connectivity index (χ0) is 9.30. The maximum Gasteiger partial charge on any atom is 0.290 e. The Bertz CT molecular complexity index is 302. The standard InChI is InChI=1S/C7H12N4O/c1-5-8-6(11(4)9-5)7(12)10(2)3/h1-4H3. The predicted molar refractivity (Wildman–Crippen MR) is 43.8 cm³/mol. The number of hydrogen-bond acceptors (Lipinski definition) is 3. The van der Waals surface area contributed by atoms with Crippen molar-refractivity contribution in [2.45, 2.75) is 6.92 Å². The van der Waals surface area contributed by atoms with Crippen LogP contribution in [0.4, 0.5) is 0 Å². The van der Waals surface area contributed by atoms with E-state index in [2.05, 4.69) is 10.1 Å². The van der Waals surface area contributed by atoms with Crippen molar-refractivity contribution >= 4 is 5.91 Å². The average molecular weight is 168 g/mol. The lowest BCUT2D eigenvalue weighted by atomic mass is 10.5. The molecule has 0 aliphatic carbocycles. The lowest BCUT2D eigenvalue weighted by molar-refractivity contribution is 0.0811. The van der Waals surface area contributed by atoms with Gasteiger partial charge in [0.15, 0.2) is 0 Å². The van der Waals surface area contributed by atoms with Crippen LogP contribution in [0.5, 0.6) is 0 Å². The van der Waals surface area contributed by atoms with Gasteiger partial charge in [-0.15, -0.1) is 0 Å². The molecule has 1 aromatic heterocycles. The lowest BCUT2D eigenvalue weighted by Gasteiger charge is -2.07. The first-order chi connectivity index (χ1) is 5.52. The van der Waals surface area contributed by atoms with Crippen LogP contribution in [0, 0.1) is 6.92 Å². The fraction of sp³-hybridized carbons (Fsp3) is 0.571. The first kappa shape index (κ1) is 8.70. The molecule has 0 aliphatic heterocycles. The summed E-state index contributed by atoms with van der Waals surface area (Å²) in [5.74, 6) is 0.860. The van der Waals surface area contributed by atoms with E-state index < -0.39 is 0 Å². The van der Waals surface area contributed by atoms with Gasteiger partial charge in [-0.3, -0.25) is 4.79 Å². The summed E-state index contributed by atoms with van der Waals surface area (Å²) < 4.78 is 1.48. The lowest BCUT2D eigenvalue weighted by Crippen LogP contribution is -2.25. The molecule has 0 bridgehead atoms. The molecule has 0 fully saturated rings. The third-order valence-corrected chi connectivity index (χ3v) is 1.47. The smallest absolute Gasteiger partial charge is 0.290 e. The second-order valence-electron chi connectivity index (χ2n) is 2.81. The molecule has 0 unspecified atom stereocenters. The Hall–Kier alpha value is -1.39. The van der Waals surface area contributed by atoms with Crippen molar-refractivity contribution in [1.29, 1.82) is 0 Å². The maximum absolute atomic E-state index is 11.4. The Morgan fingerprint density at radius 1 is 1.50 bits per heavy atom. The van der Waals surface area contributed by atoms with E-state index in [1.807, 2.05) is 0 Å². The van der Waals surface area contributed by atoms with Gasteiger partial charge in [0.25, 0.3) is 5.91 Å². The molecule has 1 rings (SSSR count). The number of carbonyl (C=O) groups is 1. The monoisotopic (exact) mass is 168 g/mol. The van der Waals surface area contributed by atoms with Gasteiger partial charge in [0, 0.05) is 21.1 Å². The fourth-order valence-electron chi connectivity index (χ4n) is 0.899. The van der Waals surface area contributed by atoms with Gasteiger partial charge in [0.05, 0.1) is 0 Å². The quantitative estimate of drug-likeness (QED) is 0.584. The van der Waals surface area contributed by atoms with E-state index in [-0.39, 0.29) is 5.91 Å². The van der Waals surface area contributed by atoms with Crippen LogP contribution in [0.25, 0.3) is 0 Å². The summed E-state index contributed by atoms with van der Waals surface area (Å²) in [4.78, 5) is 16.8. The largest absolute Gasteiger partial charge is 0.342 e. The van der Waals surface area contributed by atoms with Crippen molar-refractivity contribution in [1.82, 2.24) is 19.7 Å². The predicted octanol–water partition coefficient (Wildman–Crippen LogP) is -0.175. The van der Waals surface area contributed by atoms with Gasteiger partial charge >= 0.3 is 0 Å². The highest BCUT2D eigenvalue weighted by Crippen LogP contribution is 1.97. The van der Waals surface area contributed by atoms with Gasteiger partial charge in [0.2, 0.25) is 5.82 Å². The van der Waals surface area contributed by atoms with E-state index in [1.54, 1.807) is 28.1 Å².